The number of aromatic nitrogens is 4. The van der Waals surface area contributed by atoms with Crippen molar-refractivity contribution in [2.45, 2.75) is 38.5 Å². The van der Waals surface area contributed by atoms with Gasteiger partial charge in [-0.05, 0) is 115 Å². The first kappa shape index (κ1) is 29.7. The van der Waals surface area contributed by atoms with E-state index >= 15 is 0 Å². The Labute approximate surface area is 394 Å². The second-order valence-corrected chi connectivity index (χ2v) is 16.7. The fourth-order valence-corrected chi connectivity index (χ4v) is 9.72. The van der Waals surface area contributed by atoms with Gasteiger partial charge in [-0.3, -0.25) is 13.7 Å². The lowest BCUT2D eigenvalue weighted by atomic mass is 9.95. The molecule has 7 heteroatoms. The smallest absolute Gasteiger partial charge is 0.269 e. The maximum absolute atomic E-state index is 9.17. The minimum Gasteiger partial charge on any atom is -0.458 e. The van der Waals surface area contributed by atoms with E-state index in [0.29, 0.717) is 28.2 Å². The number of hydrogen-bond donors (Lipinski definition) is 0. The number of rotatable bonds is 9. The third-order valence-corrected chi connectivity index (χ3v) is 12.8. The molecule has 10 aromatic rings. The second kappa shape index (κ2) is 16.8. The van der Waals surface area contributed by atoms with Crippen LogP contribution in [0.4, 0.5) is 11.4 Å². The zero-order valence-corrected chi connectivity index (χ0v) is 35.7. The minimum atomic E-state index is -0.557. The van der Waals surface area contributed by atoms with Gasteiger partial charge in [-0.2, -0.15) is 0 Å². The van der Waals surface area contributed by atoms with Crippen molar-refractivity contribution in [3.05, 3.63) is 188 Å². The number of piperidine rings is 2. The zero-order chi connectivity index (χ0) is 51.8. The third-order valence-electron chi connectivity index (χ3n) is 12.8. The molecule has 5 heterocycles. The predicted molar refractivity (Wildman–Crippen MR) is 265 cm³/mol. The maximum Gasteiger partial charge on any atom is 0.269 e. The Balaban J connectivity index is 1.04. The van der Waals surface area contributed by atoms with E-state index in [2.05, 4.69) is 57.1 Å². The van der Waals surface area contributed by atoms with Crippen molar-refractivity contribution in [3.63, 3.8) is 0 Å². The van der Waals surface area contributed by atoms with Crippen LogP contribution in [-0.4, -0.2) is 40.3 Å². The van der Waals surface area contributed by atoms with E-state index in [1.807, 2.05) is 71.4 Å². The average molecular weight is 857 g/mol. The van der Waals surface area contributed by atoms with Crippen LogP contribution in [0.5, 0.6) is 11.5 Å². The van der Waals surface area contributed by atoms with Crippen molar-refractivity contribution in [1.82, 2.24) is 14.1 Å². The number of fused-ring (bicyclic) bond motifs is 4. The molecule has 0 saturated carbocycles. The molecular weight excluding hydrogens is 797 g/mol. The highest BCUT2D eigenvalue weighted by atomic mass is 16.5. The summed E-state index contributed by atoms with van der Waals surface area (Å²) in [5.41, 5.74) is 6.34. The van der Waals surface area contributed by atoms with E-state index in [4.69, 9.17) is 23.4 Å². The first-order valence-corrected chi connectivity index (χ1v) is 22.4. The maximum atomic E-state index is 9.17. The molecule has 0 aliphatic carbocycles. The molecule has 7 aromatic carbocycles. The molecule has 12 rings (SSSR count). The summed E-state index contributed by atoms with van der Waals surface area (Å²) < 4.78 is 101. The summed E-state index contributed by atoms with van der Waals surface area (Å²) >= 11 is 0. The highest BCUT2D eigenvalue weighted by Gasteiger charge is 2.22. The van der Waals surface area contributed by atoms with Crippen LogP contribution in [-0.2, 0) is 0 Å². The monoisotopic (exact) mass is 856 g/mol. The van der Waals surface area contributed by atoms with E-state index in [9.17, 15) is 0 Å². The topological polar surface area (TPSA) is 42.3 Å². The molecule has 0 amide bonds. The lowest BCUT2D eigenvalue weighted by Crippen LogP contribution is -2.32. The van der Waals surface area contributed by atoms with Gasteiger partial charge in [-0.25, -0.2) is 4.98 Å². The SMILES string of the molecule is [2H]c1c([2H])c([2H])c(-c2cccc(-c3c([2H])c([2H])c([2H])c([2H])c3[2H])c2-[n+]2[c-]n(-c3cccc(Oc4ccc5c6ccccc6n(-c6cc(N7CCCCC7)ccn6)c5c4)c3)c3ccc(N4CCCCC4)cc32)c([2H])c1[2H]. The molecule has 0 bridgehead atoms. The number of imidazole rings is 1. The standard InChI is InChI=1S/C58H50N6O/c1-5-17-42(18-6-1)49-24-16-25-50(43-19-7-2-8-20-43)58(49)63-41-62(54-30-27-44(38-56(54)63)60-33-11-3-12-34-60)46-21-15-22-47(37-46)65-48-28-29-52-51-23-9-10-26-53(51)64(55(52)40-48)57-39-45(31-32-59-57)61-35-13-4-14-36-61/h1-2,5-10,15-32,37-40H,3-4,11-14,33-36H2/i1D,2D,5D,6D,7D,8D,17D,18D,19D,20D. The molecule has 7 nitrogen and oxygen atoms in total. The molecule has 0 N–H and O–H groups in total. The van der Waals surface area contributed by atoms with Gasteiger partial charge in [0.05, 0.1) is 47.1 Å². The summed E-state index contributed by atoms with van der Waals surface area (Å²) in [5, 5.41) is 2.16. The molecule has 2 saturated heterocycles. The fraction of sp³-hybridized carbons (Fsp3) is 0.172. The molecule has 0 atom stereocenters. The second-order valence-electron chi connectivity index (χ2n) is 16.7. The number of hydrogen-bond acceptors (Lipinski definition) is 4. The number of para-hydroxylation sites is 2. The summed E-state index contributed by atoms with van der Waals surface area (Å²) in [5.74, 6) is 1.96. The van der Waals surface area contributed by atoms with Crippen molar-refractivity contribution >= 4 is 44.2 Å². The Morgan fingerprint density at radius 2 is 1.17 bits per heavy atom. The Kier molecular flexibility index (Phi) is 7.68. The Bertz CT molecular complexity index is 3790. The lowest BCUT2D eigenvalue weighted by Gasteiger charge is -2.29. The summed E-state index contributed by atoms with van der Waals surface area (Å²) in [7, 11) is 0. The quantitative estimate of drug-likeness (QED) is 0.107. The zero-order valence-electron chi connectivity index (χ0n) is 45.7. The summed E-state index contributed by atoms with van der Waals surface area (Å²) in [6.45, 7) is 3.72. The summed E-state index contributed by atoms with van der Waals surface area (Å²) in [6.07, 6.45) is 12.2. The van der Waals surface area contributed by atoms with Crippen LogP contribution < -0.4 is 19.1 Å². The van der Waals surface area contributed by atoms with Gasteiger partial charge < -0.3 is 14.5 Å². The number of anilines is 2. The number of nitrogens with zero attached hydrogens (tertiary/aromatic N) is 6. The van der Waals surface area contributed by atoms with Gasteiger partial charge in [0.25, 0.3) is 6.33 Å². The van der Waals surface area contributed by atoms with Crippen molar-refractivity contribution < 1.29 is 23.0 Å². The van der Waals surface area contributed by atoms with Crippen LogP contribution in [0.3, 0.4) is 0 Å². The van der Waals surface area contributed by atoms with Gasteiger partial charge in [-0.1, -0.05) is 109 Å². The molecule has 2 aliphatic rings. The summed E-state index contributed by atoms with van der Waals surface area (Å²) in [4.78, 5) is 9.65. The predicted octanol–water partition coefficient (Wildman–Crippen LogP) is 13.3. The van der Waals surface area contributed by atoms with Gasteiger partial charge in [-0.15, -0.1) is 0 Å². The van der Waals surface area contributed by atoms with Gasteiger partial charge in [0.15, 0.2) is 0 Å². The van der Waals surface area contributed by atoms with Gasteiger partial charge >= 0.3 is 0 Å². The van der Waals surface area contributed by atoms with Gasteiger partial charge in [0.2, 0.25) is 0 Å². The van der Waals surface area contributed by atoms with Crippen LogP contribution in [0.2, 0.25) is 0 Å². The van der Waals surface area contributed by atoms with Crippen molar-refractivity contribution in [2.24, 2.45) is 0 Å². The molecule has 2 aliphatic heterocycles. The fourth-order valence-electron chi connectivity index (χ4n) is 9.72. The number of ether oxygens (including phenoxy) is 1. The highest BCUT2D eigenvalue weighted by molar-refractivity contribution is 6.09. The first-order chi connectivity index (χ1) is 36.4. The molecule has 3 aromatic heterocycles. The molecule has 0 radical (unpaired) electrons. The molecular formula is C58H50N6O. The van der Waals surface area contributed by atoms with Gasteiger partial charge in [0.1, 0.15) is 17.3 Å². The number of benzene rings is 7. The van der Waals surface area contributed by atoms with Crippen molar-refractivity contribution in [2.75, 3.05) is 36.0 Å². The van der Waals surface area contributed by atoms with Crippen molar-refractivity contribution in [1.29, 1.82) is 0 Å². The Hall–Kier alpha value is -7.64. The molecule has 2 fully saturated rings. The van der Waals surface area contributed by atoms with E-state index in [1.165, 1.54) is 19.3 Å². The molecule has 318 valence electrons. The average Bonchev–Trinajstić information content (AvgIpc) is 4.02. The normalized spacial score (nSPS) is 16.6. The van der Waals surface area contributed by atoms with Crippen LogP contribution in [0, 0.1) is 6.33 Å². The highest BCUT2D eigenvalue weighted by Crippen LogP contribution is 2.38. The van der Waals surface area contributed by atoms with Gasteiger partial charge in [0, 0.05) is 66.7 Å². The lowest BCUT2D eigenvalue weighted by molar-refractivity contribution is -0.571. The van der Waals surface area contributed by atoms with Crippen LogP contribution in [0.15, 0.2) is 182 Å². The Morgan fingerprint density at radius 1 is 0.523 bits per heavy atom. The minimum absolute atomic E-state index is 0.115. The largest absolute Gasteiger partial charge is 0.458 e. The summed E-state index contributed by atoms with van der Waals surface area (Å²) in [6, 6.07) is 32.2. The molecule has 65 heavy (non-hydrogen) atoms. The van der Waals surface area contributed by atoms with Crippen molar-refractivity contribution in [3.8, 4) is 50.9 Å². The van der Waals surface area contributed by atoms with E-state index in [-0.39, 0.29) is 27.9 Å². The van der Waals surface area contributed by atoms with Crippen LogP contribution >= 0.6 is 0 Å². The van der Waals surface area contributed by atoms with E-state index < -0.39 is 60.4 Å². The Morgan fingerprint density at radius 3 is 1.89 bits per heavy atom. The third kappa shape index (κ3) is 7.27. The first-order valence-electron chi connectivity index (χ1n) is 27.4. The van der Waals surface area contributed by atoms with Crippen LogP contribution in [0.1, 0.15) is 52.2 Å². The van der Waals surface area contributed by atoms with Crippen LogP contribution in [0.25, 0.3) is 72.3 Å². The molecule has 0 unspecified atom stereocenters. The van der Waals surface area contributed by atoms with E-state index in [1.54, 1.807) is 22.8 Å². The number of pyridine rings is 1. The molecule has 0 spiro atoms. The van der Waals surface area contributed by atoms with E-state index in [0.717, 1.165) is 84.4 Å².